The Kier molecular flexibility index (Phi) is 2.01. The van der Waals surface area contributed by atoms with Gasteiger partial charge in [-0.05, 0) is 0 Å². The van der Waals surface area contributed by atoms with E-state index in [-0.39, 0.29) is 0 Å². The second-order valence-electron chi connectivity index (χ2n) is 5.23. The van der Waals surface area contributed by atoms with Gasteiger partial charge >= 0.3 is 66.4 Å². The molecule has 2 radical (unpaired) electrons. The Morgan fingerprint density at radius 3 is 2.20 bits per heavy atom. The van der Waals surface area contributed by atoms with Crippen LogP contribution in [0.25, 0.3) is 0 Å². The van der Waals surface area contributed by atoms with Crippen molar-refractivity contribution in [1.29, 1.82) is 0 Å². The maximum absolute atomic E-state index is 2.49. The summed E-state index contributed by atoms with van der Waals surface area (Å²) in [4.78, 5) is 0. The zero-order valence-corrected chi connectivity index (χ0v) is 8.49. The second kappa shape index (κ2) is 2.30. The van der Waals surface area contributed by atoms with Crippen LogP contribution < -0.4 is 0 Å². The van der Waals surface area contributed by atoms with Gasteiger partial charge in [-0.3, -0.25) is 0 Å². The molecule has 1 heterocycles. The predicted molar refractivity (Wildman–Crippen MR) is 57.6 cm³/mol. The van der Waals surface area contributed by atoms with Crippen LogP contribution in [0.15, 0.2) is 0 Å². The molecule has 0 aromatic heterocycles. The zero-order valence-electron chi connectivity index (χ0n) is 7.59. The van der Waals surface area contributed by atoms with Crippen molar-refractivity contribution >= 4 is 27.4 Å². The van der Waals surface area contributed by atoms with Crippen molar-refractivity contribution in [1.82, 2.24) is 0 Å². The van der Waals surface area contributed by atoms with Crippen LogP contribution in [0.2, 0.25) is 6.82 Å². The van der Waals surface area contributed by atoms with Gasteiger partial charge in [-0.1, -0.05) is 0 Å². The summed E-state index contributed by atoms with van der Waals surface area (Å²) in [7, 11) is 4.74. The molecule has 54 valence electrons. The fraction of sp³-hybridized carbons (Fsp3) is 1.00. The third kappa shape index (κ3) is 2.34. The first-order chi connectivity index (χ1) is 4.37. The van der Waals surface area contributed by atoms with Crippen molar-refractivity contribution < 1.29 is 0 Å². The summed E-state index contributed by atoms with van der Waals surface area (Å²) < 4.78 is 0. The first-order valence-corrected chi connectivity index (χ1v) is 7.98. The molecule has 0 amide bonds. The molecule has 1 aliphatic heterocycles. The van der Waals surface area contributed by atoms with E-state index in [1.807, 2.05) is 0 Å². The fourth-order valence-electron chi connectivity index (χ4n) is 1.89. The molecule has 4 heteroatoms. The van der Waals surface area contributed by atoms with Crippen molar-refractivity contribution in [2.75, 3.05) is 32.1 Å². The maximum atomic E-state index is 2.49. The SMILES string of the molecule is CB1[B][B]CP(C)(C)(C)C1. The molecule has 1 rings (SSSR count). The number of hydrogen-bond acceptors (Lipinski definition) is 0. The summed E-state index contributed by atoms with van der Waals surface area (Å²) >= 11 is 0. The third-order valence-corrected chi connectivity index (χ3v) is 5.71. The van der Waals surface area contributed by atoms with Crippen molar-refractivity contribution in [3.8, 4) is 0 Å². The van der Waals surface area contributed by atoms with E-state index in [0.717, 1.165) is 6.60 Å². The summed E-state index contributed by atoms with van der Waals surface area (Å²) in [6.07, 6.45) is 0. The monoisotopic (exact) mass is 152 g/mol. The minimum absolute atomic E-state index is 0.825. The number of hydrogen-bond donors (Lipinski definition) is 0. The molecule has 0 N–H and O–H groups in total. The van der Waals surface area contributed by atoms with Gasteiger partial charge in [0.25, 0.3) is 0 Å². The van der Waals surface area contributed by atoms with Crippen LogP contribution >= 0.6 is 6.60 Å². The molecule has 1 aliphatic rings. The van der Waals surface area contributed by atoms with Gasteiger partial charge in [-0.25, -0.2) is 0 Å². The Morgan fingerprint density at radius 2 is 1.90 bits per heavy atom. The molecule has 0 aromatic carbocycles. The third-order valence-electron chi connectivity index (χ3n) is 2.21. The molecular formula is C6H16B3P. The molecule has 0 aromatic rings. The van der Waals surface area contributed by atoms with Crippen LogP contribution in [-0.4, -0.2) is 53.0 Å². The molecule has 1 saturated heterocycles. The van der Waals surface area contributed by atoms with Crippen LogP contribution in [0.4, 0.5) is 0 Å². The van der Waals surface area contributed by atoms with E-state index in [1.54, 1.807) is 0 Å². The van der Waals surface area contributed by atoms with E-state index in [1.165, 1.54) is 12.1 Å². The van der Waals surface area contributed by atoms with Crippen LogP contribution in [0, 0.1) is 0 Å². The first kappa shape index (κ1) is 8.72. The van der Waals surface area contributed by atoms with E-state index >= 15 is 0 Å². The van der Waals surface area contributed by atoms with Gasteiger partial charge in [-0.15, -0.1) is 0 Å². The Bertz CT molecular complexity index is 138. The van der Waals surface area contributed by atoms with E-state index in [9.17, 15) is 0 Å². The minimum atomic E-state index is -1.20. The summed E-state index contributed by atoms with van der Waals surface area (Å²) in [6, 6.07) is 2.80. The molecule has 0 atom stereocenters. The predicted octanol–water partition coefficient (Wildman–Crippen LogP) is 0.884. The van der Waals surface area contributed by atoms with E-state index in [2.05, 4.69) is 41.0 Å². The second-order valence-corrected chi connectivity index (χ2v) is 12.9. The van der Waals surface area contributed by atoms with E-state index in [0.29, 0.717) is 0 Å². The standard InChI is InChI=1S/C6H16B3P/c1-9-6-10(2,3,4)5-7-8-9/h5-6H2,1-4H3. The molecule has 0 bridgehead atoms. The molecule has 0 spiro atoms. The number of rotatable bonds is 0. The zero-order chi connectivity index (χ0) is 7.85. The van der Waals surface area contributed by atoms with Crippen molar-refractivity contribution in [2.45, 2.75) is 6.82 Å². The van der Waals surface area contributed by atoms with Gasteiger partial charge < -0.3 is 0 Å². The van der Waals surface area contributed by atoms with Gasteiger partial charge in [0.15, 0.2) is 0 Å². The summed E-state index contributed by atoms with van der Waals surface area (Å²) in [6.45, 7) is 9.43. The fourth-order valence-corrected chi connectivity index (χ4v) is 5.20. The van der Waals surface area contributed by atoms with Crippen molar-refractivity contribution in [3.63, 3.8) is 0 Å². The van der Waals surface area contributed by atoms with Gasteiger partial charge in [0, 0.05) is 0 Å². The molecule has 0 unspecified atom stereocenters. The molecule has 0 saturated carbocycles. The Labute approximate surface area is 67.0 Å². The van der Waals surface area contributed by atoms with Crippen LogP contribution in [0.1, 0.15) is 0 Å². The van der Waals surface area contributed by atoms with Crippen LogP contribution in [0.5, 0.6) is 0 Å². The Morgan fingerprint density at radius 1 is 1.30 bits per heavy atom. The normalized spacial score (nSPS) is 32.8. The topological polar surface area (TPSA) is 0 Å². The average molecular weight is 152 g/mol. The van der Waals surface area contributed by atoms with Crippen molar-refractivity contribution in [2.24, 2.45) is 0 Å². The van der Waals surface area contributed by atoms with Gasteiger partial charge in [0.1, 0.15) is 0 Å². The average Bonchev–Trinajstić information content (AvgIpc) is 1.57. The Balaban J connectivity index is 2.63. The quantitative estimate of drug-likeness (QED) is 0.356. The van der Waals surface area contributed by atoms with Gasteiger partial charge in [-0.2, -0.15) is 0 Å². The van der Waals surface area contributed by atoms with Crippen LogP contribution in [0.3, 0.4) is 0 Å². The van der Waals surface area contributed by atoms with E-state index < -0.39 is 6.60 Å². The van der Waals surface area contributed by atoms with E-state index in [4.69, 9.17) is 0 Å². The summed E-state index contributed by atoms with van der Waals surface area (Å²) in [5, 5.41) is 0. The molecule has 0 nitrogen and oxygen atoms in total. The summed E-state index contributed by atoms with van der Waals surface area (Å²) in [5.74, 6) is 0. The first-order valence-electron chi connectivity index (χ1n) is 4.03. The van der Waals surface area contributed by atoms with Crippen LogP contribution in [-0.2, 0) is 0 Å². The molecule has 0 aliphatic carbocycles. The molecular weight excluding hydrogens is 135 g/mol. The Hall–Kier alpha value is 0.625. The van der Waals surface area contributed by atoms with Gasteiger partial charge in [0.05, 0.1) is 0 Å². The van der Waals surface area contributed by atoms with Crippen molar-refractivity contribution in [3.05, 3.63) is 0 Å². The van der Waals surface area contributed by atoms with Gasteiger partial charge in [0.2, 0.25) is 0 Å². The molecule has 10 heavy (non-hydrogen) atoms. The summed E-state index contributed by atoms with van der Waals surface area (Å²) in [5.41, 5.74) is 0. The molecule has 1 fully saturated rings.